The van der Waals surface area contributed by atoms with E-state index in [1.165, 1.54) is 18.2 Å². The minimum atomic E-state index is -0.309. The summed E-state index contributed by atoms with van der Waals surface area (Å²) in [5.41, 5.74) is 1.10. The highest BCUT2D eigenvalue weighted by Gasteiger charge is 2.58. The molecule has 116 valence electrons. The van der Waals surface area contributed by atoms with Gasteiger partial charge in [-0.1, -0.05) is 10.9 Å². The van der Waals surface area contributed by atoms with Crippen LogP contribution in [0.25, 0.3) is 10.4 Å². The highest BCUT2D eigenvalue weighted by Crippen LogP contribution is 2.53. The average molecular weight is 301 g/mol. The smallest absolute Gasteiger partial charge is 0.289 e. The Morgan fingerprint density at radius 1 is 1.45 bits per heavy atom. The summed E-state index contributed by atoms with van der Waals surface area (Å²) in [6.45, 7) is 6.54. The molecule has 0 heterocycles. The van der Waals surface area contributed by atoms with Crippen molar-refractivity contribution in [2.75, 3.05) is 20.6 Å². The van der Waals surface area contributed by atoms with E-state index in [-0.39, 0.29) is 23.0 Å². The van der Waals surface area contributed by atoms with Crippen molar-refractivity contribution in [1.82, 2.24) is 4.90 Å². The summed E-state index contributed by atoms with van der Waals surface area (Å²) >= 11 is 0. The standard InChI is InChI=1S/C18H21FN2O/c1-20-18-7-6-12(10-18)8-14(16(18)11-21(2)3)15-9-13(22)4-5-17(15)19/h1,4-5,8-9,12,16H,6-7,10-11H2,2-3H3/p+1/t12-,16+,18+/m0/s1. The van der Waals surface area contributed by atoms with Crippen molar-refractivity contribution in [2.45, 2.75) is 24.8 Å². The van der Waals surface area contributed by atoms with Gasteiger partial charge in [0.25, 0.3) is 12.1 Å². The molecule has 0 saturated heterocycles. The molecule has 3 atom stereocenters. The molecule has 0 unspecified atom stereocenters. The Labute approximate surface area is 130 Å². The van der Waals surface area contributed by atoms with Crippen LogP contribution >= 0.6 is 0 Å². The molecule has 0 amide bonds. The predicted octanol–water partition coefficient (Wildman–Crippen LogP) is 3.61. The summed E-state index contributed by atoms with van der Waals surface area (Å²) < 4.78 is 14.3. The Kier molecular flexibility index (Phi) is 3.70. The second-order valence-electron chi connectivity index (χ2n) is 6.84. The molecule has 2 aliphatic carbocycles. The lowest BCUT2D eigenvalue weighted by Crippen LogP contribution is -2.41. The van der Waals surface area contributed by atoms with Gasteiger partial charge >= 0.3 is 0 Å². The molecule has 0 aromatic heterocycles. The van der Waals surface area contributed by atoms with E-state index in [2.05, 4.69) is 15.8 Å². The van der Waals surface area contributed by atoms with E-state index in [1.807, 2.05) is 14.1 Å². The molecule has 0 radical (unpaired) electrons. The van der Waals surface area contributed by atoms with Gasteiger partial charge in [-0.25, -0.2) is 4.39 Å². The van der Waals surface area contributed by atoms with Gasteiger partial charge in [-0.3, -0.25) is 0 Å². The van der Waals surface area contributed by atoms with E-state index in [1.54, 1.807) is 0 Å². The van der Waals surface area contributed by atoms with Gasteiger partial charge in [0.1, 0.15) is 11.6 Å². The van der Waals surface area contributed by atoms with Crippen molar-refractivity contribution < 1.29 is 9.50 Å². The lowest BCUT2D eigenvalue weighted by Gasteiger charge is -2.32. The van der Waals surface area contributed by atoms with Crippen LogP contribution in [-0.4, -0.2) is 36.2 Å². The normalized spacial score (nSPS) is 30.2. The van der Waals surface area contributed by atoms with Gasteiger partial charge in [0.2, 0.25) is 0 Å². The first-order chi connectivity index (χ1) is 10.4. The molecule has 2 aliphatic rings. The summed E-state index contributed by atoms with van der Waals surface area (Å²) in [7, 11) is 4.00. The van der Waals surface area contributed by atoms with Crippen molar-refractivity contribution in [2.24, 2.45) is 11.8 Å². The van der Waals surface area contributed by atoms with Crippen molar-refractivity contribution in [3.05, 3.63) is 40.5 Å². The molecule has 3 rings (SSSR count). The molecular formula is C18H22FN2O+. The lowest BCUT2D eigenvalue weighted by molar-refractivity contribution is 0.282. The van der Waals surface area contributed by atoms with Crippen molar-refractivity contribution in [3.8, 4) is 12.3 Å². The second kappa shape index (κ2) is 5.40. The van der Waals surface area contributed by atoms with Crippen LogP contribution in [0, 0.1) is 24.2 Å². The van der Waals surface area contributed by atoms with E-state index in [0.717, 1.165) is 31.4 Å². The number of benzene rings is 1. The number of hydrogen-bond donors (Lipinski definition) is 1. The minimum Gasteiger partial charge on any atom is -0.508 e. The number of phenols is 1. The molecule has 1 saturated carbocycles. The van der Waals surface area contributed by atoms with Crippen LogP contribution in [0.15, 0.2) is 24.3 Å². The minimum absolute atomic E-state index is 0.0440. The lowest BCUT2D eigenvalue weighted by atomic mass is 9.71. The van der Waals surface area contributed by atoms with Crippen LogP contribution in [0.1, 0.15) is 24.8 Å². The molecular weight excluding hydrogens is 279 g/mol. The van der Waals surface area contributed by atoms with Gasteiger partial charge in [0.15, 0.2) is 0 Å². The maximum Gasteiger partial charge on any atom is 0.289 e. The van der Waals surface area contributed by atoms with E-state index < -0.39 is 0 Å². The van der Waals surface area contributed by atoms with Crippen LogP contribution in [-0.2, 0) is 0 Å². The van der Waals surface area contributed by atoms with Gasteiger partial charge in [-0.2, -0.15) is 0 Å². The van der Waals surface area contributed by atoms with Gasteiger partial charge < -0.3 is 10.0 Å². The first kappa shape index (κ1) is 15.1. The molecule has 0 spiro atoms. The molecule has 1 N–H and O–H groups in total. The fourth-order valence-corrected chi connectivity index (χ4v) is 4.06. The monoisotopic (exact) mass is 301 g/mol. The molecule has 0 aliphatic heterocycles. The number of allylic oxidation sites excluding steroid dienone is 1. The Hall–Kier alpha value is -1.86. The first-order valence-corrected chi connectivity index (χ1v) is 7.72. The Balaban J connectivity index is 2.11. The molecule has 1 fully saturated rings. The van der Waals surface area contributed by atoms with Crippen LogP contribution in [0.2, 0.25) is 0 Å². The molecule has 3 nitrogen and oxygen atoms in total. The highest BCUT2D eigenvalue weighted by molar-refractivity contribution is 5.72. The Bertz CT molecular complexity index is 662. The Morgan fingerprint density at radius 2 is 2.23 bits per heavy atom. The fraction of sp³-hybridized carbons (Fsp3) is 0.500. The quantitative estimate of drug-likeness (QED) is 0.923. The third-order valence-electron chi connectivity index (χ3n) is 5.07. The number of nitrogens with zero attached hydrogens (tertiary/aromatic N) is 2. The Morgan fingerprint density at radius 3 is 2.91 bits per heavy atom. The number of rotatable bonds is 3. The van der Waals surface area contributed by atoms with Crippen LogP contribution in [0.3, 0.4) is 0 Å². The first-order valence-electron chi connectivity index (χ1n) is 7.72. The highest BCUT2D eigenvalue weighted by atomic mass is 19.1. The second-order valence-corrected chi connectivity index (χ2v) is 6.84. The van der Waals surface area contributed by atoms with Gasteiger partial charge in [0.05, 0.1) is 5.92 Å². The summed E-state index contributed by atoms with van der Waals surface area (Å²) in [4.78, 5) is 6.34. The average Bonchev–Trinajstić information content (AvgIpc) is 2.84. The zero-order valence-corrected chi connectivity index (χ0v) is 13.1. The van der Waals surface area contributed by atoms with Gasteiger partial charge in [-0.05, 0) is 50.2 Å². The summed E-state index contributed by atoms with van der Waals surface area (Å²) in [6.07, 6.45) is 5.08. The fourth-order valence-electron chi connectivity index (χ4n) is 4.06. The van der Waals surface area contributed by atoms with E-state index in [0.29, 0.717) is 11.5 Å². The van der Waals surface area contributed by atoms with Gasteiger partial charge in [-0.15, -0.1) is 0 Å². The predicted molar refractivity (Wildman–Crippen MR) is 86.5 cm³/mol. The third-order valence-corrected chi connectivity index (χ3v) is 5.07. The number of phenolic OH excluding ortho intramolecular Hbond substituents is 1. The zero-order valence-electron chi connectivity index (χ0n) is 13.1. The summed E-state index contributed by atoms with van der Waals surface area (Å²) in [5.74, 6) is 0.212. The maximum atomic E-state index is 14.3. The number of halogens is 1. The summed E-state index contributed by atoms with van der Waals surface area (Å²) in [5, 5.41) is 9.75. The third kappa shape index (κ3) is 2.40. The van der Waals surface area contributed by atoms with Gasteiger partial charge in [0, 0.05) is 24.9 Å². The largest absolute Gasteiger partial charge is 0.508 e. The van der Waals surface area contributed by atoms with E-state index in [9.17, 15) is 9.50 Å². The van der Waals surface area contributed by atoms with Crippen molar-refractivity contribution >= 4 is 5.57 Å². The molecule has 2 bridgehead atoms. The van der Waals surface area contributed by atoms with E-state index in [4.69, 9.17) is 6.57 Å². The SMILES string of the molecule is C#[N+][C@@]12CC[C@@H](C=C(c3cc(O)ccc3F)[C@H]1CN(C)C)C2. The molecule has 22 heavy (non-hydrogen) atoms. The zero-order chi connectivity index (χ0) is 15.9. The number of hydrogen-bond acceptors (Lipinski definition) is 2. The summed E-state index contributed by atoms with van der Waals surface area (Å²) in [6, 6.07) is 4.21. The number of aromatic hydroxyl groups is 1. The van der Waals surface area contributed by atoms with Crippen molar-refractivity contribution in [1.29, 1.82) is 0 Å². The molecule has 4 heteroatoms. The topological polar surface area (TPSA) is 27.8 Å². The van der Waals surface area contributed by atoms with Crippen LogP contribution < -0.4 is 0 Å². The van der Waals surface area contributed by atoms with Crippen LogP contribution in [0.4, 0.5) is 4.39 Å². The molecule has 1 aromatic rings. The molecule has 1 aromatic carbocycles. The van der Waals surface area contributed by atoms with Crippen molar-refractivity contribution in [3.63, 3.8) is 0 Å². The maximum absolute atomic E-state index is 14.3. The van der Waals surface area contributed by atoms with E-state index >= 15 is 0 Å². The van der Waals surface area contributed by atoms with Crippen LogP contribution in [0.5, 0.6) is 5.75 Å². The number of fused-ring (bicyclic) bond motifs is 2.